The average Bonchev–Trinajstić information content (AvgIpc) is 3.42. The number of carbonyl (C=O) groups excluding carboxylic acids is 2. The zero-order valence-electron chi connectivity index (χ0n) is 19.8. The predicted octanol–water partition coefficient (Wildman–Crippen LogP) is 4.79. The second-order valence-electron chi connectivity index (χ2n) is 8.80. The number of fused-ring (bicyclic) bond motifs is 1. The summed E-state index contributed by atoms with van der Waals surface area (Å²) in [4.78, 5) is 26.7. The number of ether oxygens (including phenoxy) is 1. The van der Waals surface area contributed by atoms with Crippen LogP contribution in [0.15, 0.2) is 53.7 Å². The molecule has 2 aliphatic rings. The van der Waals surface area contributed by atoms with Crippen molar-refractivity contribution in [3.8, 4) is 5.75 Å². The quantitative estimate of drug-likeness (QED) is 0.340. The molecule has 2 amide bonds. The van der Waals surface area contributed by atoms with E-state index in [1.807, 2.05) is 24.3 Å². The Labute approximate surface area is 209 Å². The Morgan fingerprint density at radius 3 is 2.46 bits per heavy atom. The largest absolute Gasteiger partial charge is 0.497 e. The van der Waals surface area contributed by atoms with Crippen molar-refractivity contribution in [3.05, 3.63) is 65.5 Å². The normalized spacial score (nSPS) is 16.0. The number of anilines is 1. The van der Waals surface area contributed by atoms with Crippen LogP contribution < -0.4 is 10.1 Å². The minimum absolute atomic E-state index is 0.219. The van der Waals surface area contributed by atoms with Crippen molar-refractivity contribution in [2.24, 2.45) is 0 Å². The first-order chi connectivity index (χ1) is 17.2. The molecule has 8 nitrogen and oxygen atoms in total. The Morgan fingerprint density at radius 1 is 1.00 bits per heavy atom. The highest BCUT2D eigenvalue weighted by Crippen LogP contribution is 2.33. The molecule has 1 aromatic heterocycles. The van der Waals surface area contributed by atoms with Gasteiger partial charge in [0.05, 0.1) is 24.8 Å². The summed E-state index contributed by atoms with van der Waals surface area (Å²) in [6, 6.07) is 15.2. The second kappa shape index (κ2) is 10.5. The number of nitrogens with one attached hydrogen (secondary N) is 1. The van der Waals surface area contributed by atoms with Crippen molar-refractivity contribution >= 4 is 29.3 Å². The van der Waals surface area contributed by atoms with Crippen LogP contribution in [0.4, 0.5) is 5.69 Å². The van der Waals surface area contributed by atoms with Crippen molar-refractivity contribution in [3.63, 3.8) is 0 Å². The first-order valence-corrected chi connectivity index (χ1v) is 13.0. The highest BCUT2D eigenvalue weighted by atomic mass is 32.2. The lowest BCUT2D eigenvalue weighted by Gasteiger charge is -2.26. The molecule has 2 aromatic carbocycles. The third-order valence-electron chi connectivity index (χ3n) is 6.62. The Balaban J connectivity index is 1.28. The van der Waals surface area contributed by atoms with Gasteiger partial charge in [0.15, 0.2) is 11.0 Å². The van der Waals surface area contributed by atoms with E-state index in [1.54, 1.807) is 43.1 Å². The minimum atomic E-state index is -0.219. The van der Waals surface area contributed by atoms with Crippen molar-refractivity contribution < 1.29 is 14.3 Å². The average molecular weight is 492 g/mol. The summed E-state index contributed by atoms with van der Waals surface area (Å²) in [5, 5.41) is 13.3. The molecule has 0 unspecified atom stereocenters. The van der Waals surface area contributed by atoms with Crippen LogP contribution >= 0.6 is 11.8 Å². The molecular formula is C26H29N5O3S. The summed E-state index contributed by atoms with van der Waals surface area (Å²) in [6.07, 6.45) is 5.88. The summed E-state index contributed by atoms with van der Waals surface area (Å²) < 4.78 is 7.59. The summed E-state index contributed by atoms with van der Waals surface area (Å²) in [5.74, 6) is 1.82. The number of nitrogens with zero attached hydrogens (tertiary/aromatic N) is 4. The molecule has 1 aliphatic heterocycles. The summed E-state index contributed by atoms with van der Waals surface area (Å²) in [6.45, 7) is 0.890. The van der Waals surface area contributed by atoms with Crippen LogP contribution in [0.1, 0.15) is 64.7 Å². The Morgan fingerprint density at radius 2 is 1.74 bits per heavy atom. The Bertz CT molecular complexity index is 1190. The molecular weight excluding hydrogens is 462 g/mol. The Kier molecular flexibility index (Phi) is 7.03. The van der Waals surface area contributed by atoms with E-state index in [4.69, 9.17) is 4.74 Å². The van der Waals surface area contributed by atoms with Crippen LogP contribution in [0.25, 0.3) is 0 Å². The van der Waals surface area contributed by atoms with Crippen molar-refractivity contribution in [1.29, 1.82) is 0 Å². The molecule has 0 spiro atoms. The standard InChI is InChI=1S/C26H29N5O3S/c1-34-20-11-7-8-18(16-20)27-17-23-28-29-26(31(23)19-9-3-2-4-10-19)35-15-14-30-24(32)21-12-5-6-13-22(21)25(30)33/h5-8,11-13,16,19,27H,2-4,9-10,14-15,17H2,1H3. The molecule has 0 radical (unpaired) electrons. The third-order valence-corrected chi connectivity index (χ3v) is 7.54. The SMILES string of the molecule is COc1cccc(NCc2nnc(SCCN3C(=O)c4ccccc4C3=O)n2C2CCCCC2)c1. The molecule has 0 bridgehead atoms. The Hall–Kier alpha value is -3.33. The van der Waals surface area contributed by atoms with Crippen LogP contribution in [0, 0.1) is 0 Å². The number of imide groups is 1. The topological polar surface area (TPSA) is 89.3 Å². The highest BCUT2D eigenvalue weighted by Gasteiger charge is 2.34. The number of hydrogen-bond acceptors (Lipinski definition) is 7. The van der Waals surface area contributed by atoms with Crippen LogP contribution in [-0.2, 0) is 6.54 Å². The van der Waals surface area contributed by atoms with Gasteiger partial charge in [0.2, 0.25) is 0 Å². The number of hydrogen-bond donors (Lipinski definition) is 1. The number of amides is 2. The van der Waals surface area contributed by atoms with Gasteiger partial charge in [-0.1, -0.05) is 49.2 Å². The number of methoxy groups -OCH3 is 1. The maximum Gasteiger partial charge on any atom is 0.261 e. The first kappa shape index (κ1) is 23.4. The van der Waals surface area contributed by atoms with Crippen molar-refractivity contribution in [1.82, 2.24) is 19.7 Å². The number of carbonyl (C=O) groups is 2. The molecule has 9 heteroatoms. The molecule has 3 aromatic rings. The smallest absolute Gasteiger partial charge is 0.261 e. The summed E-state index contributed by atoms with van der Waals surface area (Å²) in [5.41, 5.74) is 1.93. The van der Waals surface area contributed by atoms with E-state index in [-0.39, 0.29) is 11.8 Å². The molecule has 2 heterocycles. The second-order valence-corrected chi connectivity index (χ2v) is 9.86. The van der Waals surface area contributed by atoms with Crippen LogP contribution in [0.3, 0.4) is 0 Å². The van der Waals surface area contributed by atoms with Gasteiger partial charge in [-0.15, -0.1) is 10.2 Å². The number of aromatic nitrogens is 3. The first-order valence-electron chi connectivity index (χ1n) is 12.1. The van der Waals surface area contributed by atoms with E-state index in [2.05, 4.69) is 20.1 Å². The van der Waals surface area contributed by atoms with Gasteiger partial charge in [-0.05, 0) is 37.1 Å². The molecule has 182 valence electrons. The lowest BCUT2D eigenvalue weighted by molar-refractivity contribution is 0.0664. The van der Waals surface area contributed by atoms with E-state index < -0.39 is 0 Å². The molecule has 1 N–H and O–H groups in total. The maximum atomic E-state index is 12.7. The lowest BCUT2D eigenvalue weighted by atomic mass is 9.95. The van der Waals surface area contributed by atoms with Crippen LogP contribution in [0.5, 0.6) is 5.75 Å². The van der Waals surface area contributed by atoms with Crippen LogP contribution in [0.2, 0.25) is 0 Å². The van der Waals surface area contributed by atoms with Gasteiger partial charge in [-0.25, -0.2) is 0 Å². The zero-order chi connectivity index (χ0) is 24.2. The molecule has 1 fully saturated rings. The van der Waals surface area contributed by atoms with Gasteiger partial charge >= 0.3 is 0 Å². The lowest BCUT2D eigenvalue weighted by Crippen LogP contribution is -2.32. The fourth-order valence-electron chi connectivity index (χ4n) is 4.82. The minimum Gasteiger partial charge on any atom is -0.497 e. The zero-order valence-corrected chi connectivity index (χ0v) is 20.6. The van der Waals surface area contributed by atoms with Gasteiger partial charge in [-0.2, -0.15) is 0 Å². The summed E-state index contributed by atoms with van der Waals surface area (Å²) >= 11 is 1.55. The predicted molar refractivity (Wildman–Crippen MR) is 135 cm³/mol. The monoisotopic (exact) mass is 491 g/mol. The fourth-order valence-corrected chi connectivity index (χ4v) is 5.77. The van der Waals surface area contributed by atoms with E-state index in [0.29, 0.717) is 36.0 Å². The van der Waals surface area contributed by atoms with Gasteiger partial charge in [0.1, 0.15) is 5.75 Å². The van der Waals surface area contributed by atoms with Gasteiger partial charge in [0, 0.05) is 30.1 Å². The van der Waals surface area contributed by atoms with E-state index in [1.165, 1.54) is 24.2 Å². The number of thioether (sulfide) groups is 1. The van der Waals surface area contributed by atoms with E-state index in [0.717, 1.165) is 35.3 Å². The van der Waals surface area contributed by atoms with Gasteiger partial charge in [-0.3, -0.25) is 14.5 Å². The highest BCUT2D eigenvalue weighted by molar-refractivity contribution is 7.99. The molecule has 1 saturated carbocycles. The van der Waals surface area contributed by atoms with Gasteiger partial charge < -0.3 is 14.6 Å². The fraction of sp³-hybridized carbons (Fsp3) is 0.385. The number of benzene rings is 2. The van der Waals surface area contributed by atoms with E-state index >= 15 is 0 Å². The van der Waals surface area contributed by atoms with Crippen molar-refractivity contribution in [2.45, 2.75) is 49.8 Å². The number of rotatable bonds is 9. The molecule has 0 atom stereocenters. The van der Waals surface area contributed by atoms with Gasteiger partial charge in [0.25, 0.3) is 11.8 Å². The summed E-state index contributed by atoms with van der Waals surface area (Å²) in [7, 11) is 1.66. The van der Waals surface area contributed by atoms with E-state index in [9.17, 15) is 9.59 Å². The molecule has 35 heavy (non-hydrogen) atoms. The van der Waals surface area contributed by atoms with Crippen molar-refractivity contribution in [2.75, 3.05) is 24.7 Å². The van der Waals surface area contributed by atoms with Crippen LogP contribution in [-0.4, -0.2) is 50.9 Å². The third kappa shape index (κ3) is 4.91. The maximum absolute atomic E-state index is 12.7. The molecule has 1 aliphatic carbocycles. The molecule has 5 rings (SSSR count). The molecule has 0 saturated heterocycles.